The van der Waals surface area contributed by atoms with Gasteiger partial charge < -0.3 is 34.2 Å². The Bertz CT molecular complexity index is 1860. The second-order valence-corrected chi connectivity index (χ2v) is 24.1. The van der Waals surface area contributed by atoms with Gasteiger partial charge in [-0.1, -0.05) is 221 Å². The van der Waals surface area contributed by atoms with Crippen molar-refractivity contribution in [2.45, 2.75) is 270 Å². The minimum atomic E-state index is -4.92. The SMILES string of the molecule is CC/C=C\C/C=C\C/C=C\C/C=C\C/C=C\CCCCCC(=O)OCC(O)COP(=O)(O)OCC(O)COP(=O)(O)OCC(COC(=O)CCCCCCC/C=C\C/C=C\CCCCC)OC(=O)CCCCCCCCCCCCCCC. The number of rotatable bonds is 60. The van der Waals surface area contributed by atoms with E-state index in [9.17, 15) is 43.5 Å². The van der Waals surface area contributed by atoms with Crippen molar-refractivity contribution in [3.8, 4) is 0 Å². The van der Waals surface area contributed by atoms with Crippen LogP contribution in [0.3, 0.4) is 0 Å². The normalized spacial score (nSPS) is 14.9. The minimum Gasteiger partial charge on any atom is -0.463 e. The van der Waals surface area contributed by atoms with E-state index in [1.54, 1.807) is 0 Å². The summed E-state index contributed by atoms with van der Waals surface area (Å²) in [6.07, 6.45) is 60.7. The molecule has 83 heavy (non-hydrogen) atoms. The van der Waals surface area contributed by atoms with Crippen LogP contribution >= 0.6 is 15.6 Å². The van der Waals surface area contributed by atoms with Gasteiger partial charge in [-0.25, -0.2) is 9.13 Å². The molecule has 480 valence electrons. The molecule has 0 aliphatic rings. The Morgan fingerprint density at radius 3 is 1.05 bits per heavy atom. The van der Waals surface area contributed by atoms with Gasteiger partial charge in [-0.2, -0.15) is 0 Å². The first-order valence-electron chi connectivity index (χ1n) is 31.9. The lowest BCUT2D eigenvalue weighted by molar-refractivity contribution is -0.161. The first-order valence-corrected chi connectivity index (χ1v) is 34.9. The van der Waals surface area contributed by atoms with Gasteiger partial charge in [-0.3, -0.25) is 32.5 Å². The van der Waals surface area contributed by atoms with Crippen LogP contribution in [0.1, 0.15) is 252 Å². The number of ether oxygens (including phenoxy) is 3. The van der Waals surface area contributed by atoms with Gasteiger partial charge in [0.15, 0.2) is 6.10 Å². The molecule has 4 N–H and O–H groups in total. The summed E-state index contributed by atoms with van der Waals surface area (Å²) in [6, 6.07) is 0. The van der Waals surface area contributed by atoms with Gasteiger partial charge in [-0.05, 0) is 96.3 Å². The fraction of sp³-hybridized carbons (Fsp3) is 0.738. The van der Waals surface area contributed by atoms with Crippen LogP contribution in [0.2, 0.25) is 0 Å². The highest BCUT2D eigenvalue weighted by molar-refractivity contribution is 7.47. The zero-order valence-corrected chi connectivity index (χ0v) is 53.4. The Kier molecular flexibility index (Phi) is 56.8. The highest BCUT2D eigenvalue weighted by Crippen LogP contribution is 2.45. The third-order valence-electron chi connectivity index (χ3n) is 13.1. The Labute approximate surface area is 502 Å². The van der Waals surface area contributed by atoms with E-state index in [0.717, 1.165) is 122 Å². The smallest absolute Gasteiger partial charge is 0.463 e. The maximum Gasteiger partial charge on any atom is 0.472 e. The molecule has 0 aromatic heterocycles. The Balaban J connectivity index is 4.68. The summed E-state index contributed by atoms with van der Waals surface area (Å²) in [6.45, 7) is 2.46. The number of hydrogen-bond donors (Lipinski definition) is 4. The second kappa shape index (κ2) is 59.1. The second-order valence-electron chi connectivity index (χ2n) is 21.2. The Morgan fingerprint density at radius 2 is 0.639 bits per heavy atom. The Hall–Kier alpha value is -3.27. The first kappa shape index (κ1) is 79.7. The largest absolute Gasteiger partial charge is 0.472 e. The Morgan fingerprint density at radius 1 is 0.349 bits per heavy atom. The van der Waals surface area contributed by atoms with E-state index in [4.69, 9.17) is 32.3 Å². The molecule has 0 aromatic rings. The molecule has 0 bridgehead atoms. The van der Waals surface area contributed by atoms with Crippen LogP contribution in [0.5, 0.6) is 0 Å². The van der Waals surface area contributed by atoms with Crippen LogP contribution in [0, 0.1) is 0 Å². The van der Waals surface area contributed by atoms with Crippen molar-refractivity contribution in [3.63, 3.8) is 0 Å². The van der Waals surface area contributed by atoms with Gasteiger partial charge in [0, 0.05) is 19.3 Å². The molecular formula is C65H114O16P2. The molecule has 0 aliphatic heterocycles. The predicted molar refractivity (Wildman–Crippen MR) is 334 cm³/mol. The molecule has 0 spiro atoms. The molecule has 0 fully saturated rings. The number of esters is 3. The summed E-state index contributed by atoms with van der Waals surface area (Å²) < 4.78 is 60.7. The number of carbonyl (C=O) groups excluding carboxylic acids is 3. The maximum atomic E-state index is 12.9. The summed E-state index contributed by atoms with van der Waals surface area (Å²) in [7, 11) is -9.77. The number of phosphoric ester groups is 2. The number of hydrogen-bond acceptors (Lipinski definition) is 14. The lowest BCUT2D eigenvalue weighted by Crippen LogP contribution is -2.30. The predicted octanol–water partition coefficient (Wildman–Crippen LogP) is 17.0. The molecule has 5 unspecified atom stereocenters. The molecular weight excluding hydrogens is 1100 g/mol. The van der Waals surface area contributed by atoms with Crippen molar-refractivity contribution in [1.29, 1.82) is 0 Å². The van der Waals surface area contributed by atoms with Crippen LogP contribution in [-0.4, -0.2) is 95.9 Å². The van der Waals surface area contributed by atoms with E-state index in [2.05, 4.69) is 106 Å². The van der Waals surface area contributed by atoms with Crippen molar-refractivity contribution >= 4 is 33.6 Å². The van der Waals surface area contributed by atoms with Gasteiger partial charge in [0.05, 0.1) is 26.4 Å². The molecule has 0 rings (SSSR count). The fourth-order valence-electron chi connectivity index (χ4n) is 8.21. The van der Waals surface area contributed by atoms with Crippen LogP contribution < -0.4 is 0 Å². The van der Waals surface area contributed by atoms with Crippen molar-refractivity contribution in [3.05, 3.63) is 85.1 Å². The van der Waals surface area contributed by atoms with E-state index < -0.39 is 91.5 Å². The number of allylic oxidation sites excluding steroid dienone is 14. The number of aliphatic hydroxyl groups excluding tert-OH is 2. The third-order valence-corrected chi connectivity index (χ3v) is 15.0. The zero-order chi connectivity index (χ0) is 61.0. The van der Waals surface area contributed by atoms with E-state index >= 15 is 0 Å². The van der Waals surface area contributed by atoms with Crippen molar-refractivity contribution in [1.82, 2.24) is 0 Å². The summed E-state index contributed by atoms with van der Waals surface area (Å²) in [5.41, 5.74) is 0. The number of unbranched alkanes of at least 4 members (excludes halogenated alkanes) is 23. The molecule has 0 saturated carbocycles. The third kappa shape index (κ3) is 60.2. The van der Waals surface area contributed by atoms with Crippen LogP contribution in [0.15, 0.2) is 85.1 Å². The molecule has 18 heteroatoms. The van der Waals surface area contributed by atoms with Gasteiger partial charge in [0.1, 0.15) is 25.4 Å². The fourth-order valence-corrected chi connectivity index (χ4v) is 9.80. The number of carbonyl (C=O) groups is 3. The summed E-state index contributed by atoms with van der Waals surface area (Å²) in [5.74, 6) is -1.62. The topological polar surface area (TPSA) is 231 Å². The van der Waals surface area contributed by atoms with E-state index in [0.29, 0.717) is 19.3 Å². The van der Waals surface area contributed by atoms with Crippen molar-refractivity contribution in [2.75, 3.05) is 39.6 Å². The molecule has 0 aliphatic carbocycles. The molecule has 0 aromatic carbocycles. The molecule has 0 saturated heterocycles. The number of phosphoric acid groups is 2. The lowest BCUT2D eigenvalue weighted by Gasteiger charge is -2.21. The van der Waals surface area contributed by atoms with Gasteiger partial charge in [0.25, 0.3) is 0 Å². The van der Waals surface area contributed by atoms with Gasteiger partial charge >= 0.3 is 33.6 Å². The lowest BCUT2D eigenvalue weighted by atomic mass is 10.0. The molecule has 5 atom stereocenters. The molecule has 0 amide bonds. The number of aliphatic hydroxyl groups is 2. The minimum absolute atomic E-state index is 0.104. The first-order chi connectivity index (χ1) is 40.2. The van der Waals surface area contributed by atoms with Crippen molar-refractivity contribution < 1.29 is 75.8 Å². The highest BCUT2D eigenvalue weighted by Gasteiger charge is 2.29. The average Bonchev–Trinajstić information content (AvgIpc) is 3.46. The molecule has 16 nitrogen and oxygen atoms in total. The quantitative estimate of drug-likeness (QED) is 0.0146. The summed E-state index contributed by atoms with van der Waals surface area (Å²) in [4.78, 5) is 58.2. The van der Waals surface area contributed by atoms with E-state index in [1.807, 2.05) is 0 Å². The van der Waals surface area contributed by atoms with Gasteiger partial charge in [-0.15, -0.1) is 0 Å². The zero-order valence-electron chi connectivity index (χ0n) is 51.6. The van der Waals surface area contributed by atoms with Gasteiger partial charge in [0.2, 0.25) is 0 Å². The van der Waals surface area contributed by atoms with Crippen LogP contribution in [0.25, 0.3) is 0 Å². The van der Waals surface area contributed by atoms with Crippen LogP contribution in [-0.2, 0) is 55.8 Å². The average molecular weight is 1210 g/mol. The van der Waals surface area contributed by atoms with Crippen molar-refractivity contribution in [2.24, 2.45) is 0 Å². The molecule has 0 heterocycles. The highest BCUT2D eigenvalue weighted by atomic mass is 31.2. The maximum absolute atomic E-state index is 12.9. The van der Waals surface area contributed by atoms with E-state index in [1.165, 1.54) is 70.6 Å². The summed E-state index contributed by atoms with van der Waals surface area (Å²) >= 11 is 0. The monoisotopic (exact) mass is 1210 g/mol. The molecule has 0 radical (unpaired) electrons. The van der Waals surface area contributed by atoms with E-state index in [-0.39, 0.29) is 19.3 Å². The standard InChI is InChI=1S/C65H114O16P2/c1-4-7-10-13-16-19-22-25-27-28-29-30-32-35-36-39-42-45-48-51-63(68)75-54-60(66)55-77-82(71,72)78-56-61(67)57-79-83(73,74)80-59-62(81-65(70)53-50-47-44-41-38-33-24-21-18-15-12-9-6-3)58-76-64(69)52-49-46-43-40-37-34-31-26-23-20-17-14-11-8-5-2/h7,10,16-17,19-20,25-27,29-31,35-36,60-62,66-67H,4-6,8-9,11-15,18,21-24,28,32-34,37-59H2,1-3H3,(H,71,72)(H,73,74)/b10-7-,19-16-,20-17-,27-25-,30-29-,31-26-,36-35-. The van der Waals surface area contributed by atoms with Crippen LogP contribution in [0.4, 0.5) is 0 Å². The summed E-state index contributed by atoms with van der Waals surface area (Å²) in [5, 5.41) is 20.5.